The first-order valence-corrected chi connectivity index (χ1v) is 20.7. The Morgan fingerprint density at radius 1 is 0.350 bits per heavy atom. The molecule has 0 bridgehead atoms. The molecule has 0 N–H and O–H groups in total. The number of fused-ring (bicyclic) bond motifs is 9. The van der Waals surface area contributed by atoms with E-state index in [-0.39, 0.29) is 5.41 Å². The SMILES string of the molecule is CC1(C)c2ccccc2-c2ccc(N(c3ccc(-c4ccc(-c5ccccc5)cc4)cc3)c3cccc4oc5cc6c(cc5c34)oc3cc(-c4ccccc4)ccc36)cc21. The Balaban J connectivity index is 1.02. The van der Waals surface area contributed by atoms with Gasteiger partial charge in [-0.1, -0.05) is 153 Å². The fraction of sp³-hybridized carbons (Fsp3) is 0.0526. The van der Waals surface area contributed by atoms with Crippen LogP contribution in [0.15, 0.2) is 209 Å². The standard InChI is InChI=1S/C57H39NO2/c1-57(2)49-17-10-9-16-44(49)45-31-29-43(33-50(45)57)58(42-27-24-40(25-28-42)39-22-20-38(21-23-39)36-12-5-3-6-13-36)51-18-11-19-52-56(51)48-35-54-47(34-55(48)59-52)46-30-26-41(32-53(46)60-54)37-14-7-4-8-15-37/h3-35H,1-2H3. The van der Waals surface area contributed by atoms with Crippen molar-refractivity contribution in [3.05, 3.63) is 211 Å². The maximum Gasteiger partial charge on any atom is 0.137 e. The van der Waals surface area contributed by atoms with Gasteiger partial charge >= 0.3 is 0 Å². The average molecular weight is 770 g/mol. The zero-order valence-electron chi connectivity index (χ0n) is 33.3. The van der Waals surface area contributed by atoms with Crippen LogP contribution in [0.4, 0.5) is 17.1 Å². The summed E-state index contributed by atoms with van der Waals surface area (Å²) in [7, 11) is 0. The zero-order chi connectivity index (χ0) is 40.0. The third kappa shape index (κ3) is 5.36. The molecule has 3 nitrogen and oxygen atoms in total. The van der Waals surface area contributed by atoms with E-state index in [1.165, 1.54) is 44.5 Å². The van der Waals surface area contributed by atoms with Gasteiger partial charge in [0.05, 0.1) is 11.1 Å². The highest BCUT2D eigenvalue weighted by Gasteiger charge is 2.36. The fourth-order valence-corrected chi connectivity index (χ4v) is 9.62. The molecule has 12 rings (SSSR count). The van der Waals surface area contributed by atoms with Gasteiger partial charge in [-0.15, -0.1) is 0 Å². The Bertz CT molecular complexity index is 3430. The summed E-state index contributed by atoms with van der Waals surface area (Å²) in [5.41, 5.74) is 18.8. The van der Waals surface area contributed by atoms with Crippen molar-refractivity contribution >= 4 is 60.9 Å². The van der Waals surface area contributed by atoms with Gasteiger partial charge in [0, 0.05) is 32.9 Å². The van der Waals surface area contributed by atoms with Crippen LogP contribution in [-0.2, 0) is 5.41 Å². The quantitative estimate of drug-likeness (QED) is 0.169. The Hall–Kier alpha value is -7.62. The number of hydrogen-bond acceptors (Lipinski definition) is 3. The maximum absolute atomic E-state index is 6.73. The Kier molecular flexibility index (Phi) is 7.58. The van der Waals surface area contributed by atoms with Gasteiger partial charge in [-0.3, -0.25) is 0 Å². The molecule has 2 heterocycles. The number of anilines is 3. The van der Waals surface area contributed by atoms with Crippen molar-refractivity contribution in [2.75, 3.05) is 4.90 Å². The lowest BCUT2D eigenvalue weighted by Gasteiger charge is -2.28. The number of nitrogens with zero attached hydrogens (tertiary/aromatic N) is 1. The number of hydrogen-bond donors (Lipinski definition) is 0. The summed E-state index contributed by atoms with van der Waals surface area (Å²) in [5.74, 6) is 0. The first-order valence-electron chi connectivity index (χ1n) is 20.7. The van der Waals surface area contributed by atoms with Crippen LogP contribution >= 0.6 is 0 Å². The molecule has 0 spiro atoms. The van der Waals surface area contributed by atoms with E-state index in [1.54, 1.807) is 0 Å². The summed E-state index contributed by atoms with van der Waals surface area (Å²) in [6, 6.07) is 71.8. The zero-order valence-corrected chi connectivity index (χ0v) is 33.3. The molecule has 2 aromatic heterocycles. The number of rotatable bonds is 6. The molecule has 0 aliphatic heterocycles. The second-order valence-electron chi connectivity index (χ2n) is 16.5. The van der Waals surface area contributed by atoms with Crippen molar-refractivity contribution in [2.24, 2.45) is 0 Å². The van der Waals surface area contributed by atoms with Crippen LogP contribution in [0, 0.1) is 0 Å². The summed E-state index contributed by atoms with van der Waals surface area (Å²) >= 11 is 0. The van der Waals surface area contributed by atoms with E-state index in [0.717, 1.165) is 72.1 Å². The van der Waals surface area contributed by atoms with Gasteiger partial charge in [-0.2, -0.15) is 0 Å². The normalized spacial score (nSPS) is 13.0. The van der Waals surface area contributed by atoms with Gasteiger partial charge < -0.3 is 13.7 Å². The predicted molar refractivity (Wildman–Crippen MR) is 250 cm³/mol. The minimum absolute atomic E-state index is 0.148. The van der Waals surface area contributed by atoms with Crippen LogP contribution < -0.4 is 4.90 Å². The molecule has 11 aromatic rings. The molecule has 0 saturated heterocycles. The van der Waals surface area contributed by atoms with Crippen LogP contribution in [0.1, 0.15) is 25.0 Å². The van der Waals surface area contributed by atoms with Crippen LogP contribution in [0.3, 0.4) is 0 Å². The largest absolute Gasteiger partial charge is 0.456 e. The molecular weight excluding hydrogens is 731 g/mol. The van der Waals surface area contributed by atoms with Crippen LogP contribution in [-0.4, -0.2) is 0 Å². The van der Waals surface area contributed by atoms with E-state index < -0.39 is 0 Å². The summed E-state index contributed by atoms with van der Waals surface area (Å²) in [4.78, 5) is 2.40. The van der Waals surface area contributed by atoms with Crippen LogP contribution in [0.25, 0.3) is 88.4 Å². The molecular formula is C57H39NO2. The minimum atomic E-state index is -0.148. The number of benzene rings is 9. The highest BCUT2D eigenvalue weighted by Crippen LogP contribution is 2.52. The first kappa shape index (κ1) is 34.4. The molecule has 0 amide bonds. The summed E-state index contributed by atoms with van der Waals surface area (Å²) in [5, 5.41) is 4.18. The van der Waals surface area contributed by atoms with Crippen molar-refractivity contribution in [3.63, 3.8) is 0 Å². The van der Waals surface area contributed by atoms with E-state index in [0.29, 0.717) is 0 Å². The lowest BCUT2D eigenvalue weighted by atomic mass is 9.82. The van der Waals surface area contributed by atoms with Gasteiger partial charge in [-0.05, 0) is 116 Å². The van der Waals surface area contributed by atoms with E-state index >= 15 is 0 Å². The third-order valence-electron chi connectivity index (χ3n) is 12.7. The molecule has 1 aliphatic rings. The third-order valence-corrected chi connectivity index (χ3v) is 12.7. The molecule has 0 fully saturated rings. The Labute approximate surface area is 348 Å². The summed E-state index contributed by atoms with van der Waals surface area (Å²) < 4.78 is 13.4. The van der Waals surface area contributed by atoms with E-state index in [9.17, 15) is 0 Å². The van der Waals surface area contributed by atoms with Crippen LogP contribution in [0.5, 0.6) is 0 Å². The monoisotopic (exact) mass is 769 g/mol. The highest BCUT2D eigenvalue weighted by atomic mass is 16.3. The molecule has 0 radical (unpaired) electrons. The molecule has 0 unspecified atom stereocenters. The molecule has 60 heavy (non-hydrogen) atoms. The maximum atomic E-state index is 6.73. The smallest absolute Gasteiger partial charge is 0.137 e. The van der Waals surface area contributed by atoms with Crippen molar-refractivity contribution in [1.82, 2.24) is 0 Å². The van der Waals surface area contributed by atoms with Crippen molar-refractivity contribution < 1.29 is 8.83 Å². The first-order chi connectivity index (χ1) is 29.5. The second-order valence-corrected chi connectivity index (χ2v) is 16.5. The molecule has 0 atom stereocenters. The van der Waals surface area contributed by atoms with Crippen molar-refractivity contribution in [1.29, 1.82) is 0 Å². The Morgan fingerprint density at radius 2 is 0.883 bits per heavy atom. The number of furan rings is 2. The van der Waals surface area contributed by atoms with Crippen LogP contribution in [0.2, 0.25) is 0 Å². The van der Waals surface area contributed by atoms with Gasteiger partial charge in [0.25, 0.3) is 0 Å². The van der Waals surface area contributed by atoms with Gasteiger partial charge in [0.2, 0.25) is 0 Å². The fourth-order valence-electron chi connectivity index (χ4n) is 9.62. The van der Waals surface area contributed by atoms with Gasteiger partial charge in [0.15, 0.2) is 0 Å². The summed E-state index contributed by atoms with van der Waals surface area (Å²) in [6.07, 6.45) is 0. The summed E-state index contributed by atoms with van der Waals surface area (Å²) in [6.45, 7) is 4.69. The molecule has 0 saturated carbocycles. The average Bonchev–Trinajstić information content (AvgIpc) is 3.93. The predicted octanol–water partition coefficient (Wildman–Crippen LogP) is 16.3. The molecule has 9 aromatic carbocycles. The van der Waals surface area contributed by atoms with E-state index in [2.05, 4.69) is 213 Å². The lowest BCUT2D eigenvalue weighted by molar-refractivity contribution is 0.660. The van der Waals surface area contributed by atoms with E-state index in [4.69, 9.17) is 8.83 Å². The Morgan fingerprint density at radius 3 is 1.62 bits per heavy atom. The second kappa shape index (κ2) is 13.2. The minimum Gasteiger partial charge on any atom is -0.456 e. The topological polar surface area (TPSA) is 29.5 Å². The van der Waals surface area contributed by atoms with Crippen molar-refractivity contribution in [2.45, 2.75) is 19.3 Å². The molecule has 1 aliphatic carbocycles. The van der Waals surface area contributed by atoms with Gasteiger partial charge in [0.1, 0.15) is 22.3 Å². The molecule has 3 heteroatoms. The molecule has 284 valence electrons. The highest BCUT2D eigenvalue weighted by molar-refractivity contribution is 6.19. The lowest BCUT2D eigenvalue weighted by Crippen LogP contribution is -2.16. The van der Waals surface area contributed by atoms with Gasteiger partial charge in [-0.25, -0.2) is 0 Å². The van der Waals surface area contributed by atoms with Crippen molar-refractivity contribution in [3.8, 4) is 44.5 Å². The van der Waals surface area contributed by atoms with E-state index in [1.807, 2.05) is 6.07 Å².